The number of hydrogen-bond donors (Lipinski definition) is 0. The van der Waals surface area contributed by atoms with Crippen LogP contribution in [0.5, 0.6) is 0 Å². The van der Waals surface area contributed by atoms with Crippen LogP contribution < -0.4 is 0 Å². The first-order valence-corrected chi connectivity index (χ1v) is 18.7. The van der Waals surface area contributed by atoms with Crippen molar-refractivity contribution in [3.63, 3.8) is 0 Å². The number of nitrogens with zero attached hydrogens (tertiary/aromatic N) is 4. The molecule has 1 aliphatic heterocycles. The maximum absolute atomic E-state index is 6.60. The Morgan fingerprint density at radius 3 is 1.89 bits per heavy atom. The average molecular weight is 701 g/mol. The van der Waals surface area contributed by atoms with Crippen molar-refractivity contribution >= 4 is 76.5 Å². The van der Waals surface area contributed by atoms with Crippen molar-refractivity contribution in [2.24, 2.45) is 0 Å². The van der Waals surface area contributed by atoms with Crippen LogP contribution in [-0.2, 0) is 0 Å². The number of furan rings is 1. The number of benzene rings is 8. The molecular weight excluding hydrogens is 673 g/mol. The molecule has 0 spiro atoms. The van der Waals surface area contributed by atoms with Gasteiger partial charge in [-0.2, -0.15) is 0 Å². The van der Waals surface area contributed by atoms with E-state index in [0.717, 1.165) is 60.3 Å². The van der Waals surface area contributed by atoms with Gasteiger partial charge in [-0.15, -0.1) is 0 Å². The predicted octanol–water partition coefficient (Wildman–Crippen LogP) is 13.0. The summed E-state index contributed by atoms with van der Waals surface area (Å²) in [6.07, 6.45) is 0. The highest BCUT2D eigenvalue weighted by molar-refractivity contribution is 6.22. The quantitative estimate of drug-likeness (QED) is 0.180. The third-order valence-electron chi connectivity index (χ3n) is 11.7. The molecule has 5 nitrogen and oxygen atoms in total. The molecule has 55 heavy (non-hydrogen) atoms. The molecule has 0 saturated heterocycles. The van der Waals surface area contributed by atoms with Gasteiger partial charge in [0.15, 0.2) is 5.58 Å². The van der Waals surface area contributed by atoms with Crippen LogP contribution >= 0.6 is 0 Å². The van der Waals surface area contributed by atoms with Crippen LogP contribution in [0.25, 0.3) is 122 Å². The Balaban J connectivity index is 1.18. The Labute approximate surface area is 313 Å². The molecule has 5 heteroatoms. The average Bonchev–Trinajstić information content (AvgIpc) is 3.87. The fourth-order valence-corrected chi connectivity index (χ4v) is 9.35. The summed E-state index contributed by atoms with van der Waals surface area (Å²) in [4.78, 5) is 10.8. The molecule has 0 radical (unpaired) electrons. The third-order valence-corrected chi connectivity index (χ3v) is 11.7. The van der Waals surface area contributed by atoms with Crippen LogP contribution in [0.4, 0.5) is 0 Å². The Hall–Kier alpha value is -7.50. The lowest BCUT2D eigenvalue weighted by molar-refractivity contribution is 0.666. The largest absolute Gasteiger partial charge is 0.452 e. The minimum Gasteiger partial charge on any atom is -0.452 e. The van der Waals surface area contributed by atoms with Crippen LogP contribution in [0.2, 0.25) is 0 Å². The van der Waals surface area contributed by atoms with E-state index in [1.165, 1.54) is 49.7 Å². The molecule has 13 rings (SSSR count). The lowest BCUT2D eigenvalue weighted by Gasteiger charge is -2.12. The van der Waals surface area contributed by atoms with Crippen molar-refractivity contribution in [2.45, 2.75) is 0 Å². The summed E-state index contributed by atoms with van der Waals surface area (Å²) in [6, 6.07) is 60.7. The second-order valence-corrected chi connectivity index (χ2v) is 14.5. The Morgan fingerprint density at radius 2 is 1.00 bits per heavy atom. The van der Waals surface area contributed by atoms with Gasteiger partial charge in [0.2, 0.25) is 5.95 Å². The Bertz CT molecular complexity index is 3610. The van der Waals surface area contributed by atoms with Gasteiger partial charge in [-0.05, 0) is 58.3 Å². The van der Waals surface area contributed by atoms with Crippen molar-refractivity contribution in [1.82, 2.24) is 19.1 Å². The molecule has 0 amide bonds. The maximum Gasteiger partial charge on any atom is 0.236 e. The van der Waals surface area contributed by atoms with Gasteiger partial charge >= 0.3 is 0 Å². The molecule has 0 unspecified atom stereocenters. The first-order chi connectivity index (χ1) is 27.3. The van der Waals surface area contributed by atoms with E-state index in [1.807, 2.05) is 18.2 Å². The van der Waals surface area contributed by atoms with Gasteiger partial charge in [0.05, 0.1) is 27.8 Å². The SMILES string of the molecule is c1ccc2c(c1)-c1ccccc1-n1c3cc4c5ccccc5n(-c5nc(-c6cccc7ccccc67)c6oc7ccccc7c6n5)c4cc3c3cccc-2c31. The van der Waals surface area contributed by atoms with E-state index >= 15 is 0 Å². The molecular formula is C50H28N4O. The number of fused-ring (bicyclic) bond motifs is 15. The minimum absolute atomic E-state index is 0.609. The highest BCUT2D eigenvalue weighted by Gasteiger charge is 2.27. The van der Waals surface area contributed by atoms with Crippen LogP contribution in [-0.4, -0.2) is 19.1 Å². The van der Waals surface area contributed by atoms with E-state index in [-0.39, 0.29) is 0 Å². The number of hydrogen-bond acceptors (Lipinski definition) is 3. The first-order valence-electron chi connectivity index (χ1n) is 18.7. The predicted molar refractivity (Wildman–Crippen MR) is 225 cm³/mol. The molecule has 12 aromatic rings. The Morgan fingerprint density at radius 1 is 0.400 bits per heavy atom. The van der Waals surface area contributed by atoms with Crippen molar-refractivity contribution < 1.29 is 4.42 Å². The molecule has 1 aliphatic rings. The van der Waals surface area contributed by atoms with E-state index in [0.29, 0.717) is 11.5 Å². The van der Waals surface area contributed by atoms with Crippen LogP contribution in [0.3, 0.4) is 0 Å². The second kappa shape index (κ2) is 10.6. The molecule has 0 N–H and O–H groups in total. The summed E-state index contributed by atoms with van der Waals surface area (Å²) in [5, 5.41) is 7.93. The zero-order valence-corrected chi connectivity index (χ0v) is 29.4. The van der Waals surface area contributed by atoms with E-state index < -0.39 is 0 Å². The van der Waals surface area contributed by atoms with Gasteiger partial charge in [-0.1, -0.05) is 133 Å². The molecule has 8 aromatic carbocycles. The van der Waals surface area contributed by atoms with Crippen LogP contribution in [0, 0.1) is 0 Å². The lowest BCUT2D eigenvalue weighted by Crippen LogP contribution is -2.03. The fourth-order valence-electron chi connectivity index (χ4n) is 9.35. The molecule has 0 aliphatic carbocycles. The van der Waals surface area contributed by atoms with Crippen molar-refractivity contribution in [3.05, 3.63) is 170 Å². The van der Waals surface area contributed by atoms with Crippen LogP contribution in [0.15, 0.2) is 174 Å². The molecule has 0 fully saturated rings. The number of aromatic nitrogens is 4. The van der Waals surface area contributed by atoms with E-state index in [1.54, 1.807) is 0 Å². The van der Waals surface area contributed by atoms with Gasteiger partial charge in [0, 0.05) is 43.6 Å². The highest BCUT2D eigenvalue weighted by Crippen LogP contribution is 2.48. The Kier molecular flexibility index (Phi) is 5.57. The van der Waals surface area contributed by atoms with Crippen molar-refractivity contribution in [2.75, 3.05) is 0 Å². The van der Waals surface area contributed by atoms with Crippen LogP contribution in [0.1, 0.15) is 0 Å². The van der Waals surface area contributed by atoms with Crippen molar-refractivity contribution in [3.8, 4) is 45.1 Å². The molecule has 5 heterocycles. The molecule has 0 atom stereocenters. The number of para-hydroxylation sites is 4. The van der Waals surface area contributed by atoms with Gasteiger partial charge in [0.25, 0.3) is 0 Å². The monoisotopic (exact) mass is 700 g/mol. The summed E-state index contributed by atoms with van der Waals surface area (Å²) < 4.78 is 11.3. The van der Waals surface area contributed by atoms with Gasteiger partial charge in [-0.25, -0.2) is 9.97 Å². The molecule has 0 saturated carbocycles. The van der Waals surface area contributed by atoms with E-state index in [2.05, 4.69) is 161 Å². The highest BCUT2D eigenvalue weighted by atomic mass is 16.3. The zero-order valence-electron chi connectivity index (χ0n) is 29.4. The van der Waals surface area contributed by atoms with Gasteiger partial charge in [-0.3, -0.25) is 4.57 Å². The van der Waals surface area contributed by atoms with E-state index in [9.17, 15) is 0 Å². The summed E-state index contributed by atoms with van der Waals surface area (Å²) in [7, 11) is 0. The van der Waals surface area contributed by atoms with Crippen molar-refractivity contribution in [1.29, 1.82) is 0 Å². The molecule has 254 valence electrons. The molecule has 4 aromatic heterocycles. The molecule has 0 bridgehead atoms. The summed E-state index contributed by atoms with van der Waals surface area (Å²) >= 11 is 0. The number of rotatable bonds is 2. The zero-order chi connectivity index (χ0) is 35.8. The third kappa shape index (κ3) is 3.81. The topological polar surface area (TPSA) is 48.8 Å². The standard InChI is InChI=1S/C50H28N4O/c1-2-15-30-29(13-1)14-11-21-35(30)46-49-47(38-20-7-10-26-45(38)55-49)52-50(51-46)54-42-25-9-6-19-34(42)39-27-43-40(28-44(39)54)37-23-12-22-36-32-17-4-3-16-31(32)33-18-5-8-24-41(33)53(43)48(36)37/h1-28H. The normalized spacial score (nSPS) is 12.4. The smallest absolute Gasteiger partial charge is 0.236 e. The second-order valence-electron chi connectivity index (χ2n) is 14.5. The summed E-state index contributed by atoms with van der Waals surface area (Å²) in [5.41, 5.74) is 14.7. The lowest BCUT2D eigenvalue weighted by atomic mass is 9.94. The maximum atomic E-state index is 6.60. The minimum atomic E-state index is 0.609. The van der Waals surface area contributed by atoms with Gasteiger partial charge in [0.1, 0.15) is 16.8 Å². The summed E-state index contributed by atoms with van der Waals surface area (Å²) in [5.74, 6) is 0.609. The summed E-state index contributed by atoms with van der Waals surface area (Å²) in [6.45, 7) is 0. The van der Waals surface area contributed by atoms with E-state index in [4.69, 9.17) is 14.4 Å². The first kappa shape index (κ1) is 29.0. The fraction of sp³-hybridized carbons (Fsp3) is 0. The van der Waals surface area contributed by atoms with Gasteiger partial charge < -0.3 is 8.98 Å².